The van der Waals surface area contributed by atoms with Crippen molar-refractivity contribution in [3.63, 3.8) is 0 Å². The molecule has 0 amide bonds. The molecule has 0 fully saturated rings. The Bertz CT molecular complexity index is 333. The maximum atomic E-state index is 4.51. The standard InChI is InChI=1S/C13H23BrN2/c1-5-7-13(3,10-14)9-12-8-11(6-2)15-16(12)4/h8H,5-7,9-10H2,1-4H3. The van der Waals surface area contributed by atoms with Crippen LogP contribution in [0.4, 0.5) is 0 Å². The van der Waals surface area contributed by atoms with E-state index >= 15 is 0 Å². The number of nitrogens with zero attached hydrogens (tertiary/aromatic N) is 2. The summed E-state index contributed by atoms with van der Waals surface area (Å²) in [5.74, 6) is 0. The first-order valence-electron chi connectivity index (χ1n) is 6.12. The van der Waals surface area contributed by atoms with Gasteiger partial charge in [-0.25, -0.2) is 0 Å². The number of halogens is 1. The molecule has 1 heterocycles. The number of hydrogen-bond donors (Lipinski definition) is 0. The van der Waals surface area contributed by atoms with Crippen LogP contribution in [0.15, 0.2) is 6.07 Å². The predicted molar refractivity (Wildman–Crippen MR) is 73.1 cm³/mol. The molecule has 0 saturated heterocycles. The molecule has 1 aromatic heterocycles. The van der Waals surface area contributed by atoms with Gasteiger partial charge in [-0.1, -0.05) is 43.1 Å². The molecule has 1 aromatic rings. The minimum atomic E-state index is 0.355. The van der Waals surface area contributed by atoms with Gasteiger partial charge >= 0.3 is 0 Å². The molecule has 0 N–H and O–H groups in total. The summed E-state index contributed by atoms with van der Waals surface area (Å²) in [5.41, 5.74) is 2.91. The highest BCUT2D eigenvalue weighted by Crippen LogP contribution is 2.30. The van der Waals surface area contributed by atoms with Crippen molar-refractivity contribution in [1.82, 2.24) is 9.78 Å². The van der Waals surface area contributed by atoms with E-state index in [2.05, 4.69) is 54.9 Å². The van der Waals surface area contributed by atoms with Crippen molar-refractivity contribution in [3.05, 3.63) is 17.5 Å². The van der Waals surface area contributed by atoms with Gasteiger partial charge in [0.1, 0.15) is 0 Å². The van der Waals surface area contributed by atoms with Crippen molar-refractivity contribution >= 4 is 15.9 Å². The van der Waals surface area contributed by atoms with Gasteiger partial charge in [0, 0.05) is 18.1 Å². The van der Waals surface area contributed by atoms with Gasteiger partial charge in [0.05, 0.1) is 5.69 Å². The van der Waals surface area contributed by atoms with E-state index in [1.165, 1.54) is 24.2 Å². The minimum Gasteiger partial charge on any atom is -0.272 e. The van der Waals surface area contributed by atoms with Crippen LogP contribution in [0.5, 0.6) is 0 Å². The first-order valence-corrected chi connectivity index (χ1v) is 7.24. The van der Waals surface area contributed by atoms with Crippen molar-refractivity contribution in [1.29, 1.82) is 0 Å². The van der Waals surface area contributed by atoms with Crippen LogP contribution in [0, 0.1) is 5.41 Å². The zero-order chi connectivity index (χ0) is 12.2. The van der Waals surface area contributed by atoms with E-state index in [4.69, 9.17) is 0 Å². The van der Waals surface area contributed by atoms with Gasteiger partial charge < -0.3 is 0 Å². The normalized spacial score (nSPS) is 15.1. The zero-order valence-corrected chi connectivity index (χ0v) is 12.5. The summed E-state index contributed by atoms with van der Waals surface area (Å²) < 4.78 is 2.04. The molecule has 2 nitrogen and oxygen atoms in total. The van der Waals surface area contributed by atoms with Crippen LogP contribution in [-0.2, 0) is 19.9 Å². The number of aromatic nitrogens is 2. The van der Waals surface area contributed by atoms with Crippen LogP contribution in [0.2, 0.25) is 0 Å². The summed E-state index contributed by atoms with van der Waals surface area (Å²) in [6.45, 7) is 6.76. The quantitative estimate of drug-likeness (QED) is 0.729. The lowest BCUT2D eigenvalue weighted by atomic mass is 9.83. The molecule has 0 aliphatic rings. The average Bonchev–Trinajstić information content (AvgIpc) is 2.60. The van der Waals surface area contributed by atoms with Gasteiger partial charge in [-0.3, -0.25) is 4.68 Å². The smallest absolute Gasteiger partial charge is 0.0624 e. The minimum absolute atomic E-state index is 0.355. The third-order valence-electron chi connectivity index (χ3n) is 3.17. The Labute approximate surface area is 108 Å². The van der Waals surface area contributed by atoms with E-state index < -0.39 is 0 Å². The molecule has 0 bridgehead atoms. The van der Waals surface area contributed by atoms with Gasteiger partial charge in [-0.05, 0) is 30.7 Å². The fraction of sp³-hybridized carbons (Fsp3) is 0.769. The predicted octanol–water partition coefficient (Wildman–Crippen LogP) is 3.73. The van der Waals surface area contributed by atoms with Crippen LogP contribution < -0.4 is 0 Å². The maximum Gasteiger partial charge on any atom is 0.0624 e. The molecule has 3 heteroatoms. The molecule has 0 aromatic carbocycles. The Kier molecular flexibility index (Phi) is 5.03. The number of aryl methyl sites for hydroxylation is 2. The molecule has 1 rings (SSSR count). The molecule has 0 aliphatic carbocycles. The van der Waals surface area contributed by atoms with Crippen LogP contribution >= 0.6 is 15.9 Å². The maximum absolute atomic E-state index is 4.51. The molecule has 16 heavy (non-hydrogen) atoms. The lowest BCUT2D eigenvalue weighted by Crippen LogP contribution is -2.22. The molecule has 0 radical (unpaired) electrons. The summed E-state index contributed by atoms with van der Waals surface area (Å²) in [6, 6.07) is 2.25. The topological polar surface area (TPSA) is 17.8 Å². The molecule has 1 unspecified atom stereocenters. The lowest BCUT2D eigenvalue weighted by Gasteiger charge is -2.26. The van der Waals surface area contributed by atoms with Crippen molar-refractivity contribution in [2.45, 2.75) is 46.5 Å². The number of alkyl halides is 1. The summed E-state index contributed by atoms with van der Waals surface area (Å²) in [5, 5.41) is 5.57. The van der Waals surface area contributed by atoms with Crippen LogP contribution in [-0.4, -0.2) is 15.1 Å². The Morgan fingerprint density at radius 2 is 2.12 bits per heavy atom. The van der Waals surface area contributed by atoms with E-state index in [9.17, 15) is 0 Å². The second-order valence-corrected chi connectivity index (χ2v) is 5.54. The lowest BCUT2D eigenvalue weighted by molar-refractivity contribution is 0.332. The zero-order valence-electron chi connectivity index (χ0n) is 10.9. The highest BCUT2D eigenvalue weighted by molar-refractivity contribution is 9.09. The van der Waals surface area contributed by atoms with Crippen LogP contribution in [0.25, 0.3) is 0 Å². The van der Waals surface area contributed by atoms with E-state index in [1.54, 1.807) is 0 Å². The molecule has 0 spiro atoms. The summed E-state index contributed by atoms with van der Waals surface area (Å²) in [6.07, 6.45) is 4.62. The van der Waals surface area contributed by atoms with E-state index in [0.29, 0.717) is 5.41 Å². The van der Waals surface area contributed by atoms with E-state index in [-0.39, 0.29) is 0 Å². The van der Waals surface area contributed by atoms with E-state index in [0.717, 1.165) is 18.2 Å². The van der Waals surface area contributed by atoms with Crippen molar-refractivity contribution < 1.29 is 0 Å². The Balaban J connectivity index is 2.80. The van der Waals surface area contributed by atoms with Crippen molar-refractivity contribution in [2.24, 2.45) is 12.5 Å². The first kappa shape index (κ1) is 13.8. The van der Waals surface area contributed by atoms with Gasteiger partial charge in [-0.15, -0.1) is 0 Å². The van der Waals surface area contributed by atoms with Gasteiger partial charge in [0.15, 0.2) is 0 Å². The third-order valence-corrected chi connectivity index (χ3v) is 4.53. The number of rotatable bonds is 6. The Morgan fingerprint density at radius 1 is 1.44 bits per heavy atom. The fourth-order valence-electron chi connectivity index (χ4n) is 2.15. The first-order chi connectivity index (χ1) is 7.54. The highest BCUT2D eigenvalue weighted by atomic mass is 79.9. The van der Waals surface area contributed by atoms with Gasteiger partial charge in [-0.2, -0.15) is 5.10 Å². The third kappa shape index (κ3) is 3.34. The van der Waals surface area contributed by atoms with Gasteiger partial charge in [0.2, 0.25) is 0 Å². The average molecular weight is 287 g/mol. The Hall–Kier alpha value is -0.310. The SMILES string of the molecule is CCCC(C)(CBr)Cc1cc(CC)nn1C. The molecule has 0 aliphatic heterocycles. The summed E-state index contributed by atoms with van der Waals surface area (Å²) in [4.78, 5) is 0. The van der Waals surface area contributed by atoms with Gasteiger partial charge in [0.25, 0.3) is 0 Å². The van der Waals surface area contributed by atoms with E-state index in [1.807, 2.05) is 4.68 Å². The Morgan fingerprint density at radius 3 is 2.56 bits per heavy atom. The second-order valence-electron chi connectivity index (χ2n) is 4.98. The second kappa shape index (κ2) is 5.85. The molecular formula is C13H23BrN2. The van der Waals surface area contributed by atoms with Crippen molar-refractivity contribution in [2.75, 3.05) is 5.33 Å². The molecule has 1 atom stereocenters. The highest BCUT2D eigenvalue weighted by Gasteiger charge is 2.24. The molecular weight excluding hydrogens is 264 g/mol. The summed E-state index contributed by atoms with van der Waals surface area (Å²) in [7, 11) is 2.05. The summed E-state index contributed by atoms with van der Waals surface area (Å²) >= 11 is 3.65. The van der Waals surface area contributed by atoms with Crippen LogP contribution in [0.3, 0.4) is 0 Å². The van der Waals surface area contributed by atoms with Crippen molar-refractivity contribution in [3.8, 4) is 0 Å². The van der Waals surface area contributed by atoms with Crippen LogP contribution in [0.1, 0.15) is 45.0 Å². The monoisotopic (exact) mass is 286 g/mol. The molecule has 0 saturated carbocycles. The molecule has 92 valence electrons. The fourth-order valence-corrected chi connectivity index (χ4v) is 2.63. The largest absolute Gasteiger partial charge is 0.272 e. The number of hydrogen-bond acceptors (Lipinski definition) is 1.